The zero-order chi connectivity index (χ0) is 16.4. The normalized spacial score (nSPS) is 16.5. The maximum atomic E-state index is 12.2. The van der Waals surface area contributed by atoms with Crippen molar-refractivity contribution in [1.29, 1.82) is 0 Å². The lowest BCUT2D eigenvalue weighted by atomic mass is 10.1. The molecule has 120 valence electrons. The number of ether oxygens (including phenoxy) is 1. The summed E-state index contributed by atoms with van der Waals surface area (Å²) in [6, 6.07) is 13.6. The van der Waals surface area contributed by atoms with Gasteiger partial charge < -0.3 is 10.1 Å². The van der Waals surface area contributed by atoms with Crippen LogP contribution < -0.4 is 15.2 Å². The molecule has 0 radical (unpaired) electrons. The Morgan fingerprint density at radius 3 is 2.52 bits per heavy atom. The van der Waals surface area contributed by atoms with Crippen molar-refractivity contribution in [3.63, 3.8) is 0 Å². The summed E-state index contributed by atoms with van der Waals surface area (Å²) < 4.78 is 28.0. The van der Waals surface area contributed by atoms with Crippen LogP contribution in [-0.2, 0) is 27.8 Å². The molecule has 1 heterocycles. The van der Waals surface area contributed by atoms with Crippen LogP contribution in [0.3, 0.4) is 0 Å². The Hall–Kier alpha value is -2.38. The van der Waals surface area contributed by atoms with E-state index in [9.17, 15) is 13.2 Å². The fraction of sp³-hybridized carbons (Fsp3) is 0.188. The van der Waals surface area contributed by atoms with Crippen molar-refractivity contribution in [1.82, 2.24) is 5.32 Å². The fourth-order valence-corrected chi connectivity index (χ4v) is 2.94. The summed E-state index contributed by atoms with van der Waals surface area (Å²) in [4.78, 5) is 12.2. The second-order valence-corrected chi connectivity index (χ2v) is 6.89. The quantitative estimate of drug-likeness (QED) is 0.871. The highest BCUT2D eigenvalue weighted by molar-refractivity contribution is 7.89. The number of carbonyl (C=O) groups is 1. The molecule has 7 heteroatoms. The van der Waals surface area contributed by atoms with Gasteiger partial charge in [0.15, 0.2) is 6.10 Å². The van der Waals surface area contributed by atoms with Gasteiger partial charge in [0.05, 0.1) is 4.90 Å². The zero-order valence-corrected chi connectivity index (χ0v) is 13.0. The van der Waals surface area contributed by atoms with E-state index in [0.29, 0.717) is 13.0 Å². The van der Waals surface area contributed by atoms with Gasteiger partial charge in [0.25, 0.3) is 5.91 Å². The standard InChI is InChI=1S/C16H16N2O4S/c17-23(20,21)13-7-5-11(6-8-13)10-18-16(19)15-9-12-3-1-2-4-14(12)22-15/h1-8,15H,9-10H2,(H,18,19)(H2,17,20,21)/t15-/m1/s1. The molecule has 0 aliphatic carbocycles. The van der Waals surface area contributed by atoms with Gasteiger partial charge in [0.1, 0.15) is 5.75 Å². The molecule has 1 atom stereocenters. The first kappa shape index (κ1) is 15.5. The third-order valence-electron chi connectivity index (χ3n) is 3.66. The lowest BCUT2D eigenvalue weighted by molar-refractivity contribution is -0.127. The number of benzene rings is 2. The Morgan fingerprint density at radius 2 is 1.87 bits per heavy atom. The number of nitrogens with two attached hydrogens (primary N) is 1. The van der Waals surface area contributed by atoms with Crippen LogP contribution in [0.5, 0.6) is 5.75 Å². The van der Waals surface area contributed by atoms with E-state index < -0.39 is 16.1 Å². The predicted octanol–water partition coefficient (Wildman–Crippen LogP) is 0.954. The second-order valence-electron chi connectivity index (χ2n) is 5.33. The summed E-state index contributed by atoms with van der Waals surface area (Å²) in [7, 11) is -3.70. The van der Waals surface area contributed by atoms with Gasteiger partial charge in [-0.15, -0.1) is 0 Å². The molecule has 0 fully saturated rings. The molecule has 0 spiro atoms. The summed E-state index contributed by atoms with van der Waals surface area (Å²) in [6.45, 7) is 0.292. The molecule has 1 aliphatic rings. The highest BCUT2D eigenvalue weighted by atomic mass is 32.2. The van der Waals surface area contributed by atoms with Crippen molar-refractivity contribution in [2.45, 2.75) is 24.0 Å². The minimum absolute atomic E-state index is 0.0437. The average molecular weight is 332 g/mol. The maximum Gasteiger partial charge on any atom is 0.261 e. The molecule has 3 N–H and O–H groups in total. The molecule has 0 bridgehead atoms. The summed E-state index contributed by atoms with van der Waals surface area (Å²) in [5.74, 6) is 0.543. The monoisotopic (exact) mass is 332 g/mol. The van der Waals surface area contributed by atoms with Gasteiger partial charge in [-0.3, -0.25) is 4.79 Å². The molecule has 23 heavy (non-hydrogen) atoms. The third kappa shape index (κ3) is 3.52. The molecule has 2 aromatic rings. The molecule has 6 nitrogen and oxygen atoms in total. The Kier molecular flexibility index (Phi) is 4.06. The highest BCUT2D eigenvalue weighted by Gasteiger charge is 2.28. The van der Waals surface area contributed by atoms with Crippen LogP contribution in [0.15, 0.2) is 53.4 Å². The number of primary sulfonamides is 1. The van der Waals surface area contributed by atoms with E-state index in [1.807, 2.05) is 24.3 Å². The number of amides is 1. The number of para-hydroxylation sites is 1. The third-order valence-corrected chi connectivity index (χ3v) is 4.59. The first-order valence-electron chi connectivity index (χ1n) is 7.07. The summed E-state index contributed by atoms with van der Waals surface area (Å²) in [6.07, 6.45) is 0.0166. The van der Waals surface area contributed by atoms with Crippen molar-refractivity contribution in [3.05, 3.63) is 59.7 Å². The molecule has 1 amide bonds. The van der Waals surface area contributed by atoms with Crippen molar-refractivity contribution in [2.75, 3.05) is 0 Å². The summed E-state index contributed by atoms with van der Waals surface area (Å²) >= 11 is 0. The molecule has 0 saturated carbocycles. The van der Waals surface area contributed by atoms with Crippen LogP contribution in [0, 0.1) is 0 Å². The van der Waals surface area contributed by atoms with E-state index >= 15 is 0 Å². The van der Waals surface area contributed by atoms with Crippen LogP contribution in [0.2, 0.25) is 0 Å². The van der Waals surface area contributed by atoms with Gasteiger partial charge in [-0.2, -0.15) is 0 Å². The minimum Gasteiger partial charge on any atom is -0.480 e. The number of carbonyl (C=O) groups excluding carboxylic acids is 1. The van der Waals surface area contributed by atoms with Gasteiger partial charge >= 0.3 is 0 Å². The number of fused-ring (bicyclic) bond motifs is 1. The number of nitrogens with one attached hydrogen (secondary N) is 1. The number of hydrogen-bond donors (Lipinski definition) is 2. The summed E-state index contributed by atoms with van der Waals surface area (Å²) in [5.41, 5.74) is 1.80. The first-order chi connectivity index (χ1) is 10.9. The topological polar surface area (TPSA) is 98.5 Å². The Labute approximate surface area is 134 Å². The summed E-state index contributed by atoms with van der Waals surface area (Å²) in [5, 5.41) is 7.83. The molecule has 2 aromatic carbocycles. The molecule has 1 aliphatic heterocycles. The number of hydrogen-bond acceptors (Lipinski definition) is 4. The lowest BCUT2D eigenvalue weighted by Gasteiger charge is -2.11. The van der Waals surface area contributed by atoms with Crippen molar-refractivity contribution < 1.29 is 17.9 Å². The van der Waals surface area contributed by atoms with Crippen LogP contribution >= 0.6 is 0 Å². The van der Waals surface area contributed by atoms with Crippen LogP contribution in [0.25, 0.3) is 0 Å². The highest BCUT2D eigenvalue weighted by Crippen LogP contribution is 2.28. The Morgan fingerprint density at radius 1 is 1.17 bits per heavy atom. The zero-order valence-electron chi connectivity index (χ0n) is 12.2. The van der Waals surface area contributed by atoms with Gasteiger partial charge in [-0.05, 0) is 29.3 Å². The van der Waals surface area contributed by atoms with Crippen molar-refractivity contribution in [3.8, 4) is 5.75 Å². The Balaban J connectivity index is 1.58. The average Bonchev–Trinajstić information content (AvgIpc) is 2.96. The largest absolute Gasteiger partial charge is 0.480 e. The molecular weight excluding hydrogens is 316 g/mol. The predicted molar refractivity (Wildman–Crippen MR) is 84.2 cm³/mol. The smallest absolute Gasteiger partial charge is 0.261 e. The van der Waals surface area contributed by atoms with E-state index in [2.05, 4.69) is 5.32 Å². The van der Waals surface area contributed by atoms with Crippen LogP contribution in [0.1, 0.15) is 11.1 Å². The van der Waals surface area contributed by atoms with Crippen LogP contribution in [0.4, 0.5) is 0 Å². The second kappa shape index (κ2) is 6.02. The van der Waals surface area contributed by atoms with E-state index in [4.69, 9.17) is 9.88 Å². The van der Waals surface area contributed by atoms with E-state index in [1.165, 1.54) is 12.1 Å². The number of rotatable bonds is 4. The van der Waals surface area contributed by atoms with E-state index in [-0.39, 0.29) is 10.8 Å². The van der Waals surface area contributed by atoms with E-state index in [0.717, 1.165) is 16.9 Å². The molecule has 0 saturated heterocycles. The SMILES string of the molecule is NS(=O)(=O)c1ccc(CNC(=O)[C@H]2Cc3ccccc3O2)cc1. The first-order valence-corrected chi connectivity index (χ1v) is 8.62. The molecule has 0 aromatic heterocycles. The van der Waals surface area contributed by atoms with Crippen molar-refractivity contribution in [2.24, 2.45) is 5.14 Å². The van der Waals surface area contributed by atoms with Gasteiger partial charge in [0.2, 0.25) is 10.0 Å². The minimum atomic E-state index is -3.70. The maximum absolute atomic E-state index is 12.2. The van der Waals surface area contributed by atoms with Gasteiger partial charge in [-0.25, -0.2) is 13.6 Å². The van der Waals surface area contributed by atoms with Crippen molar-refractivity contribution >= 4 is 15.9 Å². The lowest BCUT2D eigenvalue weighted by Crippen LogP contribution is -2.37. The fourth-order valence-electron chi connectivity index (χ4n) is 2.43. The molecule has 0 unspecified atom stereocenters. The van der Waals surface area contributed by atoms with Gasteiger partial charge in [-0.1, -0.05) is 30.3 Å². The molecule has 3 rings (SSSR count). The van der Waals surface area contributed by atoms with Crippen LogP contribution in [-0.4, -0.2) is 20.4 Å². The van der Waals surface area contributed by atoms with Gasteiger partial charge in [0, 0.05) is 13.0 Å². The van der Waals surface area contributed by atoms with E-state index in [1.54, 1.807) is 12.1 Å². The Bertz CT molecular complexity index is 806. The molecular formula is C16H16N2O4S. The number of sulfonamides is 1.